The molecule has 0 spiro atoms. The van der Waals surface area contributed by atoms with E-state index in [0.717, 1.165) is 19.6 Å². The highest BCUT2D eigenvalue weighted by Crippen LogP contribution is 2.12. The maximum absolute atomic E-state index is 11.8. The molecule has 0 aromatic carbocycles. The predicted octanol–water partition coefficient (Wildman–Crippen LogP) is -0.732. The molecule has 0 bridgehead atoms. The molecular weight excluding hydrogens is 196 g/mol. The third-order valence-electron chi connectivity index (χ3n) is 2.92. The lowest BCUT2D eigenvalue weighted by atomic mass is 10.1. The van der Waals surface area contributed by atoms with Gasteiger partial charge in [0.15, 0.2) is 0 Å². The van der Waals surface area contributed by atoms with E-state index in [1.165, 1.54) is 0 Å². The first kappa shape index (κ1) is 10.9. The Labute approximate surface area is 89.5 Å². The van der Waals surface area contributed by atoms with Gasteiger partial charge >= 0.3 is 0 Å². The number of morpholine rings is 1. The van der Waals surface area contributed by atoms with Gasteiger partial charge in [0, 0.05) is 19.7 Å². The summed E-state index contributed by atoms with van der Waals surface area (Å²) in [6.07, 6.45) is 0.671. The van der Waals surface area contributed by atoms with Gasteiger partial charge in [-0.05, 0) is 13.3 Å². The van der Waals surface area contributed by atoms with Crippen molar-refractivity contribution in [1.82, 2.24) is 10.6 Å². The molecule has 5 heteroatoms. The number of hydrogen-bond donors (Lipinski definition) is 2. The molecule has 3 atom stereocenters. The molecule has 2 fully saturated rings. The van der Waals surface area contributed by atoms with E-state index in [0.29, 0.717) is 13.2 Å². The second-order valence-electron chi connectivity index (χ2n) is 4.04. The number of ether oxygens (including phenoxy) is 2. The summed E-state index contributed by atoms with van der Waals surface area (Å²) < 4.78 is 10.8. The number of rotatable bonds is 2. The first-order valence-electron chi connectivity index (χ1n) is 5.51. The van der Waals surface area contributed by atoms with Gasteiger partial charge in [-0.2, -0.15) is 0 Å². The Morgan fingerprint density at radius 3 is 2.87 bits per heavy atom. The van der Waals surface area contributed by atoms with E-state index in [9.17, 15) is 4.79 Å². The second kappa shape index (κ2) is 4.92. The number of nitrogens with one attached hydrogen (secondary N) is 2. The lowest BCUT2D eigenvalue weighted by Gasteiger charge is -2.25. The summed E-state index contributed by atoms with van der Waals surface area (Å²) in [6.45, 7) is 4.75. The highest BCUT2D eigenvalue weighted by Gasteiger charge is 2.29. The van der Waals surface area contributed by atoms with Gasteiger partial charge in [-0.3, -0.25) is 4.79 Å². The monoisotopic (exact) mass is 214 g/mol. The standard InChI is InChI=1S/C10H18N2O3/c1-7-8(2-4-14-7)12-10(13)9-6-11-3-5-15-9/h7-9,11H,2-6H2,1H3,(H,12,13)/t7?,8?,9-/m0/s1. The van der Waals surface area contributed by atoms with E-state index in [1.807, 2.05) is 6.92 Å². The van der Waals surface area contributed by atoms with E-state index >= 15 is 0 Å². The molecule has 2 saturated heterocycles. The van der Waals surface area contributed by atoms with Crippen LogP contribution in [0.1, 0.15) is 13.3 Å². The Bertz CT molecular complexity index is 229. The van der Waals surface area contributed by atoms with Gasteiger partial charge in [-0.25, -0.2) is 0 Å². The van der Waals surface area contributed by atoms with Crippen molar-refractivity contribution in [3.05, 3.63) is 0 Å². The molecule has 2 heterocycles. The number of carbonyl (C=O) groups is 1. The average molecular weight is 214 g/mol. The van der Waals surface area contributed by atoms with Crippen molar-refractivity contribution in [1.29, 1.82) is 0 Å². The summed E-state index contributed by atoms with van der Waals surface area (Å²) in [7, 11) is 0. The summed E-state index contributed by atoms with van der Waals surface area (Å²) >= 11 is 0. The second-order valence-corrected chi connectivity index (χ2v) is 4.04. The van der Waals surface area contributed by atoms with Gasteiger partial charge in [-0.1, -0.05) is 0 Å². The SMILES string of the molecule is CC1OCCC1NC(=O)[C@@H]1CNCCO1. The quantitative estimate of drug-likeness (QED) is 0.636. The minimum absolute atomic E-state index is 0.0236. The highest BCUT2D eigenvalue weighted by molar-refractivity contribution is 5.81. The Morgan fingerprint density at radius 2 is 2.27 bits per heavy atom. The van der Waals surface area contributed by atoms with Crippen LogP contribution in [0.15, 0.2) is 0 Å². The summed E-state index contributed by atoms with van der Waals surface area (Å²) in [5.41, 5.74) is 0. The molecular formula is C10H18N2O3. The van der Waals surface area contributed by atoms with Crippen molar-refractivity contribution in [2.45, 2.75) is 31.6 Å². The van der Waals surface area contributed by atoms with Crippen molar-refractivity contribution in [2.75, 3.05) is 26.3 Å². The fourth-order valence-corrected chi connectivity index (χ4v) is 1.93. The van der Waals surface area contributed by atoms with Crippen molar-refractivity contribution in [3.8, 4) is 0 Å². The lowest BCUT2D eigenvalue weighted by molar-refractivity contribution is -0.135. The van der Waals surface area contributed by atoms with Crippen LogP contribution in [0.4, 0.5) is 0 Å². The maximum Gasteiger partial charge on any atom is 0.250 e. The normalized spacial score (nSPS) is 36.5. The molecule has 86 valence electrons. The van der Waals surface area contributed by atoms with E-state index in [1.54, 1.807) is 0 Å². The fourth-order valence-electron chi connectivity index (χ4n) is 1.93. The first-order chi connectivity index (χ1) is 7.27. The third-order valence-corrected chi connectivity index (χ3v) is 2.92. The molecule has 2 aliphatic rings. The van der Waals surface area contributed by atoms with E-state index in [2.05, 4.69) is 10.6 Å². The predicted molar refractivity (Wildman–Crippen MR) is 54.6 cm³/mol. The summed E-state index contributed by atoms with van der Waals surface area (Å²) in [4.78, 5) is 11.8. The Hall–Kier alpha value is -0.650. The molecule has 2 N–H and O–H groups in total. The summed E-state index contributed by atoms with van der Waals surface area (Å²) in [6, 6.07) is 0.142. The molecule has 0 aromatic heterocycles. The van der Waals surface area contributed by atoms with Crippen LogP contribution in [-0.4, -0.2) is 50.5 Å². The van der Waals surface area contributed by atoms with Crippen LogP contribution in [0.25, 0.3) is 0 Å². The Kier molecular flexibility index (Phi) is 3.56. The topological polar surface area (TPSA) is 59.6 Å². The molecule has 0 saturated carbocycles. The van der Waals surface area contributed by atoms with Crippen LogP contribution in [0.5, 0.6) is 0 Å². The van der Waals surface area contributed by atoms with Crippen LogP contribution in [-0.2, 0) is 14.3 Å². The van der Waals surface area contributed by atoms with Crippen LogP contribution in [0.3, 0.4) is 0 Å². The van der Waals surface area contributed by atoms with Crippen molar-refractivity contribution >= 4 is 5.91 Å². The molecule has 2 aliphatic heterocycles. The zero-order chi connectivity index (χ0) is 10.7. The van der Waals surface area contributed by atoms with Gasteiger partial charge in [0.1, 0.15) is 6.10 Å². The molecule has 1 amide bonds. The van der Waals surface area contributed by atoms with E-state index < -0.39 is 0 Å². The highest BCUT2D eigenvalue weighted by atomic mass is 16.5. The molecule has 0 radical (unpaired) electrons. The van der Waals surface area contributed by atoms with Gasteiger partial charge < -0.3 is 20.1 Å². The molecule has 5 nitrogen and oxygen atoms in total. The van der Waals surface area contributed by atoms with Crippen LogP contribution in [0.2, 0.25) is 0 Å². The van der Waals surface area contributed by atoms with Gasteiger partial charge in [-0.15, -0.1) is 0 Å². The summed E-state index contributed by atoms with van der Waals surface area (Å²) in [5.74, 6) is -0.0236. The van der Waals surface area contributed by atoms with E-state index in [-0.39, 0.29) is 24.2 Å². The number of hydrogen-bond acceptors (Lipinski definition) is 4. The molecule has 0 aromatic rings. The maximum atomic E-state index is 11.8. The van der Waals surface area contributed by atoms with Crippen molar-refractivity contribution in [3.63, 3.8) is 0 Å². The van der Waals surface area contributed by atoms with Gasteiger partial charge in [0.05, 0.1) is 18.8 Å². The smallest absolute Gasteiger partial charge is 0.250 e. The fraction of sp³-hybridized carbons (Fsp3) is 0.900. The lowest BCUT2D eigenvalue weighted by Crippen LogP contribution is -2.51. The van der Waals surface area contributed by atoms with Gasteiger partial charge in [0.25, 0.3) is 5.91 Å². The molecule has 2 unspecified atom stereocenters. The van der Waals surface area contributed by atoms with Crippen molar-refractivity contribution in [2.24, 2.45) is 0 Å². The minimum Gasteiger partial charge on any atom is -0.376 e. The minimum atomic E-state index is -0.341. The van der Waals surface area contributed by atoms with E-state index in [4.69, 9.17) is 9.47 Å². The molecule has 0 aliphatic carbocycles. The Morgan fingerprint density at radius 1 is 1.40 bits per heavy atom. The number of carbonyl (C=O) groups excluding carboxylic acids is 1. The van der Waals surface area contributed by atoms with Crippen molar-refractivity contribution < 1.29 is 14.3 Å². The first-order valence-corrected chi connectivity index (χ1v) is 5.51. The average Bonchev–Trinajstić information content (AvgIpc) is 2.66. The number of amides is 1. The largest absolute Gasteiger partial charge is 0.376 e. The van der Waals surface area contributed by atoms with Crippen LogP contribution in [0, 0.1) is 0 Å². The van der Waals surface area contributed by atoms with Crippen LogP contribution < -0.4 is 10.6 Å². The molecule has 15 heavy (non-hydrogen) atoms. The Balaban J connectivity index is 1.80. The molecule has 2 rings (SSSR count). The summed E-state index contributed by atoms with van der Waals surface area (Å²) in [5, 5.41) is 6.10. The third kappa shape index (κ3) is 2.68. The zero-order valence-corrected chi connectivity index (χ0v) is 8.99. The van der Waals surface area contributed by atoms with Crippen LogP contribution >= 0.6 is 0 Å². The van der Waals surface area contributed by atoms with Gasteiger partial charge in [0.2, 0.25) is 0 Å². The zero-order valence-electron chi connectivity index (χ0n) is 8.99.